The van der Waals surface area contributed by atoms with Crippen molar-refractivity contribution >= 4 is 22.0 Å². The number of rotatable bonds is 4. The SMILES string of the molecule is FC(F)(F)C(F)(F)C(F)(F)C(F)(F)C=Cc1ccc(Br)cc1. The lowest BCUT2D eigenvalue weighted by Crippen LogP contribution is -2.60. The Morgan fingerprint density at radius 3 is 1.59 bits per heavy atom. The molecule has 0 atom stereocenters. The summed E-state index contributed by atoms with van der Waals surface area (Å²) in [4.78, 5) is 0. The van der Waals surface area contributed by atoms with Gasteiger partial charge in [0, 0.05) is 4.47 Å². The van der Waals surface area contributed by atoms with Gasteiger partial charge in [0.25, 0.3) is 0 Å². The summed E-state index contributed by atoms with van der Waals surface area (Å²) < 4.78 is 114. The van der Waals surface area contributed by atoms with E-state index in [0.717, 1.165) is 12.1 Å². The highest BCUT2D eigenvalue weighted by molar-refractivity contribution is 9.10. The summed E-state index contributed by atoms with van der Waals surface area (Å²) in [5.41, 5.74) is -0.0889. The Hall–Kier alpha value is -1.19. The lowest BCUT2D eigenvalue weighted by Gasteiger charge is -2.32. The zero-order valence-corrected chi connectivity index (χ0v) is 11.8. The van der Waals surface area contributed by atoms with E-state index in [-0.39, 0.29) is 5.56 Å². The minimum absolute atomic E-state index is 0.0889. The van der Waals surface area contributed by atoms with Gasteiger partial charge in [0.15, 0.2) is 0 Å². The molecule has 0 nitrogen and oxygen atoms in total. The van der Waals surface area contributed by atoms with Gasteiger partial charge < -0.3 is 0 Å². The molecule has 22 heavy (non-hydrogen) atoms. The maximum Gasteiger partial charge on any atom is 0.460 e. The first-order valence-corrected chi connectivity index (χ1v) is 6.16. The molecule has 0 aromatic heterocycles. The summed E-state index contributed by atoms with van der Waals surface area (Å²) in [5.74, 6) is -19.2. The van der Waals surface area contributed by atoms with Crippen molar-refractivity contribution in [2.24, 2.45) is 0 Å². The second-order valence-electron chi connectivity index (χ2n) is 4.15. The van der Waals surface area contributed by atoms with Crippen molar-refractivity contribution in [2.45, 2.75) is 23.9 Å². The van der Waals surface area contributed by atoms with Crippen molar-refractivity contribution in [2.75, 3.05) is 0 Å². The molecule has 0 saturated carbocycles. The van der Waals surface area contributed by atoms with E-state index in [1.807, 2.05) is 0 Å². The summed E-state index contributed by atoms with van der Waals surface area (Å²) in [6.07, 6.45) is -7.17. The molecular weight excluding hydrogens is 395 g/mol. The first-order chi connectivity index (χ1) is 9.72. The third kappa shape index (κ3) is 3.41. The minimum atomic E-state index is -6.88. The van der Waals surface area contributed by atoms with Gasteiger partial charge in [-0.1, -0.05) is 34.1 Å². The highest BCUT2D eigenvalue weighted by atomic mass is 79.9. The summed E-state index contributed by atoms with van der Waals surface area (Å²) in [5, 5.41) is 0. The smallest absolute Gasteiger partial charge is 0.195 e. The van der Waals surface area contributed by atoms with Crippen molar-refractivity contribution in [3.05, 3.63) is 40.4 Å². The summed E-state index contributed by atoms with van der Waals surface area (Å²) in [6, 6.07) is 4.99. The van der Waals surface area contributed by atoms with Crippen LogP contribution in [0, 0.1) is 0 Å². The Bertz CT molecular complexity index is 543. The Morgan fingerprint density at radius 2 is 1.18 bits per heavy atom. The molecular formula is C12H6BrF9. The van der Waals surface area contributed by atoms with Crippen LogP contribution < -0.4 is 0 Å². The third-order valence-corrected chi connectivity index (χ3v) is 3.05. The maximum absolute atomic E-state index is 13.2. The van der Waals surface area contributed by atoms with Crippen LogP contribution in [0.3, 0.4) is 0 Å². The lowest BCUT2D eigenvalue weighted by molar-refractivity contribution is -0.388. The Labute approximate surface area is 126 Å². The van der Waals surface area contributed by atoms with Gasteiger partial charge in [-0.3, -0.25) is 0 Å². The average molecular weight is 401 g/mol. The highest BCUT2D eigenvalue weighted by Crippen LogP contribution is 2.53. The van der Waals surface area contributed by atoms with E-state index in [1.165, 1.54) is 12.1 Å². The molecule has 0 aliphatic heterocycles. The monoisotopic (exact) mass is 400 g/mol. The molecule has 0 saturated heterocycles. The van der Waals surface area contributed by atoms with E-state index in [0.29, 0.717) is 10.5 Å². The molecule has 0 unspecified atom stereocenters. The predicted octanol–water partition coefficient (Wildman–Crippen LogP) is 5.93. The van der Waals surface area contributed by atoms with Gasteiger partial charge >= 0.3 is 23.9 Å². The summed E-state index contributed by atoms with van der Waals surface area (Å²) in [6.45, 7) is 0. The van der Waals surface area contributed by atoms with E-state index in [4.69, 9.17) is 0 Å². The largest absolute Gasteiger partial charge is 0.460 e. The maximum atomic E-state index is 13.2. The molecule has 0 spiro atoms. The van der Waals surface area contributed by atoms with Gasteiger partial charge in [-0.25, -0.2) is 0 Å². The van der Waals surface area contributed by atoms with Gasteiger partial charge in [0.1, 0.15) is 0 Å². The Kier molecular flexibility index (Phi) is 4.96. The molecule has 1 rings (SSSR count). The minimum Gasteiger partial charge on any atom is -0.195 e. The first-order valence-electron chi connectivity index (χ1n) is 5.37. The predicted molar refractivity (Wildman–Crippen MR) is 64.1 cm³/mol. The van der Waals surface area contributed by atoms with E-state index in [2.05, 4.69) is 15.9 Å². The number of halogens is 10. The van der Waals surface area contributed by atoms with E-state index in [9.17, 15) is 39.5 Å². The van der Waals surface area contributed by atoms with Crippen LogP contribution in [0.25, 0.3) is 6.08 Å². The van der Waals surface area contributed by atoms with Gasteiger partial charge in [-0.2, -0.15) is 39.5 Å². The molecule has 0 heterocycles. The van der Waals surface area contributed by atoms with Gasteiger partial charge in [-0.05, 0) is 23.8 Å². The van der Waals surface area contributed by atoms with Crippen LogP contribution >= 0.6 is 15.9 Å². The molecule has 0 aliphatic carbocycles. The average Bonchev–Trinajstić information content (AvgIpc) is 2.36. The number of hydrogen-bond acceptors (Lipinski definition) is 0. The standard InChI is InChI=1S/C12H6BrF9/c13-8-3-1-7(2-4-8)5-6-9(14,15)10(16,17)11(18,19)12(20,21)22/h1-6H. The van der Waals surface area contributed by atoms with Crippen molar-refractivity contribution < 1.29 is 39.5 Å². The van der Waals surface area contributed by atoms with E-state index < -0.39 is 30.0 Å². The molecule has 1 aromatic carbocycles. The molecule has 1 aromatic rings. The van der Waals surface area contributed by atoms with Crippen LogP contribution in [0.2, 0.25) is 0 Å². The van der Waals surface area contributed by atoms with Gasteiger partial charge in [0.2, 0.25) is 0 Å². The van der Waals surface area contributed by atoms with Crippen LogP contribution in [-0.2, 0) is 0 Å². The summed E-state index contributed by atoms with van der Waals surface area (Å²) in [7, 11) is 0. The zero-order chi connectivity index (χ0) is 17.4. The van der Waals surface area contributed by atoms with E-state index >= 15 is 0 Å². The molecule has 10 heteroatoms. The van der Waals surface area contributed by atoms with Crippen molar-refractivity contribution in [3.63, 3.8) is 0 Å². The second kappa shape index (κ2) is 5.78. The van der Waals surface area contributed by atoms with E-state index in [1.54, 1.807) is 0 Å². The molecule has 124 valence electrons. The number of allylic oxidation sites excluding steroid dienone is 1. The second-order valence-corrected chi connectivity index (χ2v) is 5.07. The Balaban J connectivity index is 3.13. The third-order valence-electron chi connectivity index (χ3n) is 2.52. The van der Waals surface area contributed by atoms with Crippen LogP contribution in [0.5, 0.6) is 0 Å². The number of hydrogen-bond donors (Lipinski definition) is 0. The van der Waals surface area contributed by atoms with Crippen LogP contribution in [0.1, 0.15) is 5.56 Å². The fourth-order valence-corrected chi connectivity index (χ4v) is 1.53. The molecule has 0 bridgehead atoms. The van der Waals surface area contributed by atoms with Crippen molar-refractivity contribution in [1.29, 1.82) is 0 Å². The fourth-order valence-electron chi connectivity index (χ4n) is 1.27. The molecule has 0 N–H and O–H groups in total. The topological polar surface area (TPSA) is 0 Å². The lowest BCUT2D eigenvalue weighted by atomic mass is 10.0. The molecule has 0 aliphatic rings. The van der Waals surface area contributed by atoms with Crippen molar-refractivity contribution in [1.82, 2.24) is 0 Å². The van der Waals surface area contributed by atoms with Crippen LogP contribution in [-0.4, -0.2) is 23.9 Å². The fraction of sp³-hybridized carbons (Fsp3) is 0.333. The molecule has 0 fully saturated rings. The molecule has 0 radical (unpaired) electrons. The Morgan fingerprint density at radius 1 is 0.727 bits per heavy atom. The zero-order valence-electron chi connectivity index (χ0n) is 10.2. The van der Waals surface area contributed by atoms with Crippen molar-refractivity contribution in [3.8, 4) is 0 Å². The first kappa shape index (κ1) is 18.9. The number of alkyl halides is 9. The van der Waals surface area contributed by atoms with Gasteiger partial charge in [0.05, 0.1) is 0 Å². The molecule has 0 amide bonds. The highest BCUT2D eigenvalue weighted by Gasteiger charge is 2.81. The number of benzene rings is 1. The van der Waals surface area contributed by atoms with Crippen LogP contribution in [0.4, 0.5) is 39.5 Å². The van der Waals surface area contributed by atoms with Crippen LogP contribution in [0.15, 0.2) is 34.8 Å². The normalized spacial score (nSPS) is 14.6. The quantitative estimate of drug-likeness (QED) is 0.549. The summed E-state index contributed by atoms with van der Waals surface area (Å²) >= 11 is 3.00. The van der Waals surface area contributed by atoms with Gasteiger partial charge in [-0.15, -0.1) is 0 Å².